The minimum Gasteiger partial charge on any atom is -0.378 e. The summed E-state index contributed by atoms with van der Waals surface area (Å²) in [7, 11) is 0. The molecule has 4 rings (SSSR count). The first-order chi connectivity index (χ1) is 10.8. The van der Waals surface area contributed by atoms with E-state index in [9.17, 15) is 0 Å². The SMILES string of the molecule is Clc1ccccc1-c1c[nH]c2ncnc(N3CCOCC3)c12. The molecule has 5 nitrogen and oxygen atoms in total. The number of nitrogens with zero attached hydrogens (tertiary/aromatic N) is 3. The molecule has 3 heterocycles. The van der Waals surface area contributed by atoms with Gasteiger partial charge in [-0.3, -0.25) is 0 Å². The van der Waals surface area contributed by atoms with E-state index in [-0.39, 0.29) is 0 Å². The lowest BCUT2D eigenvalue weighted by Crippen LogP contribution is -2.36. The molecule has 6 heteroatoms. The molecule has 1 saturated heterocycles. The highest BCUT2D eigenvalue weighted by Crippen LogP contribution is 2.36. The molecule has 0 saturated carbocycles. The molecule has 1 N–H and O–H groups in total. The Morgan fingerprint density at radius 1 is 1.09 bits per heavy atom. The van der Waals surface area contributed by atoms with Crippen molar-refractivity contribution in [3.8, 4) is 11.1 Å². The molecule has 0 atom stereocenters. The Morgan fingerprint density at radius 3 is 2.73 bits per heavy atom. The molecule has 0 aliphatic carbocycles. The fourth-order valence-corrected chi connectivity index (χ4v) is 3.09. The Balaban J connectivity index is 1.91. The predicted octanol–water partition coefficient (Wildman–Crippen LogP) is 3.11. The fraction of sp³-hybridized carbons (Fsp3) is 0.250. The number of ether oxygens (including phenoxy) is 1. The molecule has 0 radical (unpaired) electrons. The van der Waals surface area contributed by atoms with Crippen molar-refractivity contribution in [2.24, 2.45) is 0 Å². The van der Waals surface area contributed by atoms with Crippen molar-refractivity contribution in [3.63, 3.8) is 0 Å². The first-order valence-electron chi connectivity index (χ1n) is 7.24. The second kappa shape index (κ2) is 5.59. The molecular formula is C16H15ClN4O. The molecule has 3 aromatic rings. The number of benzene rings is 1. The predicted molar refractivity (Wildman–Crippen MR) is 87.4 cm³/mol. The molecule has 22 heavy (non-hydrogen) atoms. The van der Waals surface area contributed by atoms with Gasteiger partial charge in [0, 0.05) is 35.4 Å². The Bertz CT molecular complexity index is 811. The van der Waals surface area contributed by atoms with Crippen LogP contribution in [0, 0.1) is 0 Å². The summed E-state index contributed by atoms with van der Waals surface area (Å²) in [5.74, 6) is 0.935. The highest BCUT2D eigenvalue weighted by atomic mass is 35.5. The van der Waals surface area contributed by atoms with Crippen molar-refractivity contribution in [1.29, 1.82) is 0 Å². The maximum absolute atomic E-state index is 6.37. The molecule has 0 bridgehead atoms. The fourth-order valence-electron chi connectivity index (χ4n) is 2.85. The number of aromatic nitrogens is 3. The third-order valence-electron chi connectivity index (χ3n) is 3.92. The number of hydrogen-bond acceptors (Lipinski definition) is 4. The van der Waals surface area contributed by atoms with Gasteiger partial charge in [0.15, 0.2) is 0 Å². The van der Waals surface area contributed by atoms with Gasteiger partial charge in [0.1, 0.15) is 17.8 Å². The quantitative estimate of drug-likeness (QED) is 0.789. The molecule has 0 spiro atoms. The summed E-state index contributed by atoms with van der Waals surface area (Å²) in [6.45, 7) is 3.10. The molecule has 1 fully saturated rings. The van der Waals surface area contributed by atoms with E-state index in [4.69, 9.17) is 16.3 Å². The topological polar surface area (TPSA) is 54.0 Å². The second-order valence-corrected chi connectivity index (χ2v) is 5.61. The standard InChI is InChI=1S/C16H15ClN4O/c17-13-4-2-1-3-11(13)12-9-18-15-14(12)16(20-10-19-15)21-5-7-22-8-6-21/h1-4,9-10H,5-8H2,(H,18,19,20). The lowest BCUT2D eigenvalue weighted by molar-refractivity contribution is 0.122. The van der Waals surface area contributed by atoms with Crippen LogP contribution in [0.2, 0.25) is 5.02 Å². The number of halogens is 1. The van der Waals surface area contributed by atoms with E-state index in [1.165, 1.54) is 0 Å². The van der Waals surface area contributed by atoms with Crippen molar-refractivity contribution in [3.05, 3.63) is 41.8 Å². The lowest BCUT2D eigenvalue weighted by atomic mass is 10.1. The van der Waals surface area contributed by atoms with Crippen LogP contribution in [0.25, 0.3) is 22.2 Å². The summed E-state index contributed by atoms with van der Waals surface area (Å²) < 4.78 is 5.43. The summed E-state index contributed by atoms with van der Waals surface area (Å²) in [5.41, 5.74) is 2.84. The van der Waals surface area contributed by atoms with Crippen LogP contribution in [0.4, 0.5) is 5.82 Å². The van der Waals surface area contributed by atoms with Gasteiger partial charge < -0.3 is 14.6 Å². The zero-order valence-electron chi connectivity index (χ0n) is 11.9. The summed E-state index contributed by atoms with van der Waals surface area (Å²) in [4.78, 5) is 14.3. The number of morpholine rings is 1. The van der Waals surface area contributed by atoms with E-state index < -0.39 is 0 Å². The Hall–Kier alpha value is -2.11. The van der Waals surface area contributed by atoms with Crippen molar-refractivity contribution in [2.75, 3.05) is 31.2 Å². The Labute approximate surface area is 132 Å². The monoisotopic (exact) mass is 314 g/mol. The number of hydrogen-bond donors (Lipinski definition) is 1. The molecule has 112 valence electrons. The van der Waals surface area contributed by atoms with Crippen LogP contribution in [0.3, 0.4) is 0 Å². The van der Waals surface area contributed by atoms with Gasteiger partial charge in [0.05, 0.1) is 18.6 Å². The molecule has 0 unspecified atom stereocenters. The van der Waals surface area contributed by atoms with Gasteiger partial charge in [-0.1, -0.05) is 29.8 Å². The van der Waals surface area contributed by atoms with Crippen LogP contribution in [0.5, 0.6) is 0 Å². The minimum absolute atomic E-state index is 0.720. The number of fused-ring (bicyclic) bond motifs is 1. The van der Waals surface area contributed by atoms with Gasteiger partial charge in [-0.15, -0.1) is 0 Å². The van der Waals surface area contributed by atoms with Crippen LogP contribution in [-0.2, 0) is 4.74 Å². The molecule has 1 aliphatic heterocycles. The summed E-state index contributed by atoms with van der Waals surface area (Å²) in [6.07, 6.45) is 3.55. The number of rotatable bonds is 2. The second-order valence-electron chi connectivity index (χ2n) is 5.20. The van der Waals surface area contributed by atoms with Crippen LogP contribution >= 0.6 is 11.6 Å². The zero-order valence-corrected chi connectivity index (χ0v) is 12.7. The van der Waals surface area contributed by atoms with Gasteiger partial charge in [0.2, 0.25) is 0 Å². The first kappa shape index (κ1) is 13.5. The normalized spacial score (nSPS) is 15.4. The van der Waals surface area contributed by atoms with E-state index in [0.29, 0.717) is 0 Å². The maximum atomic E-state index is 6.37. The van der Waals surface area contributed by atoms with Gasteiger partial charge in [0.25, 0.3) is 0 Å². The highest BCUT2D eigenvalue weighted by Gasteiger charge is 2.20. The Morgan fingerprint density at radius 2 is 1.91 bits per heavy atom. The molecule has 1 aliphatic rings. The molecule has 2 aromatic heterocycles. The van der Waals surface area contributed by atoms with Crippen molar-refractivity contribution in [1.82, 2.24) is 15.0 Å². The van der Waals surface area contributed by atoms with Crippen LogP contribution in [0.1, 0.15) is 0 Å². The molecular weight excluding hydrogens is 300 g/mol. The van der Waals surface area contributed by atoms with Gasteiger partial charge in [-0.05, 0) is 6.07 Å². The van der Waals surface area contributed by atoms with E-state index in [2.05, 4.69) is 19.9 Å². The molecule has 1 aromatic carbocycles. The average Bonchev–Trinajstić information content (AvgIpc) is 3.00. The lowest BCUT2D eigenvalue weighted by Gasteiger charge is -2.28. The van der Waals surface area contributed by atoms with Gasteiger partial charge >= 0.3 is 0 Å². The number of nitrogens with one attached hydrogen (secondary N) is 1. The molecule has 0 amide bonds. The number of H-pyrrole nitrogens is 1. The van der Waals surface area contributed by atoms with Crippen LogP contribution in [0.15, 0.2) is 36.8 Å². The van der Waals surface area contributed by atoms with Crippen molar-refractivity contribution >= 4 is 28.5 Å². The first-order valence-corrected chi connectivity index (χ1v) is 7.62. The third kappa shape index (κ3) is 2.23. The van der Waals surface area contributed by atoms with E-state index >= 15 is 0 Å². The van der Waals surface area contributed by atoms with E-state index in [1.54, 1.807) is 6.33 Å². The zero-order chi connectivity index (χ0) is 14.9. The van der Waals surface area contributed by atoms with Gasteiger partial charge in [-0.25, -0.2) is 9.97 Å². The minimum atomic E-state index is 0.720. The largest absolute Gasteiger partial charge is 0.378 e. The maximum Gasteiger partial charge on any atom is 0.143 e. The van der Waals surface area contributed by atoms with Crippen molar-refractivity contribution < 1.29 is 4.74 Å². The highest BCUT2D eigenvalue weighted by molar-refractivity contribution is 6.33. The van der Waals surface area contributed by atoms with Crippen molar-refractivity contribution in [2.45, 2.75) is 0 Å². The van der Waals surface area contributed by atoms with Crippen LogP contribution in [-0.4, -0.2) is 41.3 Å². The summed E-state index contributed by atoms with van der Waals surface area (Å²) in [5, 5.41) is 1.73. The third-order valence-corrected chi connectivity index (χ3v) is 4.25. The number of anilines is 1. The van der Waals surface area contributed by atoms with Crippen LogP contribution < -0.4 is 4.90 Å². The average molecular weight is 315 g/mol. The Kier molecular flexibility index (Phi) is 3.44. The van der Waals surface area contributed by atoms with E-state index in [1.807, 2.05) is 30.5 Å². The van der Waals surface area contributed by atoms with Gasteiger partial charge in [-0.2, -0.15) is 0 Å². The summed E-state index contributed by atoms with van der Waals surface area (Å²) >= 11 is 6.37. The smallest absolute Gasteiger partial charge is 0.143 e. The number of aromatic amines is 1. The van der Waals surface area contributed by atoms with E-state index in [0.717, 1.165) is 59.3 Å². The summed E-state index contributed by atoms with van der Waals surface area (Å²) in [6, 6.07) is 7.83.